The standard InChI is InChI=1S/C19H20F2N2O3/c1-22-19(25)18(13-9-10-15(20)16(21)12-13)23-17(24)8-5-11-26-14-6-3-2-4-7-14/h2-4,6-7,9-10,12,18H,5,8,11H2,1H3,(H,22,25)(H,23,24). The number of rotatable bonds is 8. The summed E-state index contributed by atoms with van der Waals surface area (Å²) in [7, 11) is 1.40. The van der Waals surface area contributed by atoms with E-state index in [0.29, 0.717) is 18.8 Å². The summed E-state index contributed by atoms with van der Waals surface area (Å²) >= 11 is 0. The zero-order chi connectivity index (χ0) is 18.9. The van der Waals surface area contributed by atoms with Crippen LogP contribution in [-0.4, -0.2) is 25.5 Å². The van der Waals surface area contributed by atoms with Crippen molar-refractivity contribution in [3.05, 3.63) is 65.7 Å². The first kappa shape index (κ1) is 19.4. The Hall–Kier alpha value is -2.96. The third kappa shape index (κ3) is 5.54. The van der Waals surface area contributed by atoms with Crippen molar-refractivity contribution in [1.82, 2.24) is 10.6 Å². The maximum atomic E-state index is 13.4. The predicted molar refractivity (Wildman–Crippen MR) is 92.5 cm³/mol. The second-order valence-corrected chi connectivity index (χ2v) is 5.55. The lowest BCUT2D eigenvalue weighted by molar-refractivity contribution is -0.129. The fraction of sp³-hybridized carbons (Fsp3) is 0.263. The lowest BCUT2D eigenvalue weighted by Crippen LogP contribution is -2.39. The summed E-state index contributed by atoms with van der Waals surface area (Å²) in [5, 5.41) is 4.93. The Morgan fingerprint density at radius 3 is 2.46 bits per heavy atom. The van der Waals surface area contributed by atoms with Crippen LogP contribution < -0.4 is 15.4 Å². The van der Waals surface area contributed by atoms with Crippen molar-refractivity contribution in [2.24, 2.45) is 0 Å². The Labute approximate surface area is 150 Å². The molecule has 0 fully saturated rings. The summed E-state index contributed by atoms with van der Waals surface area (Å²) in [6, 6.07) is 11.2. The number of halogens is 2. The molecule has 5 nitrogen and oxygen atoms in total. The van der Waals surface area contributed by atoms with Crippen molar-refractivity contribution in [2.45, 2.75) is 18.9 Å². The maximum absolute atomic E-state index is 13.4. The number of ether oxygens (including phenoxy) is 1. The van der Waals surface area contributed by atoms with E-state index in [9.17, 15) is 18.4 Å². The van der Waals surface area contributed by atoms with Crippen LogP contribution in [0.2, 0.25) is 0 Å². The molecule has 2 aromatic carbocycles. The molecule has 138 valence electrons. The van der Waals surface area contributed by atoms with Gasteiger partial charge in [-0.05, 0) is 36.2 Å². The molecule has 1 unspecified atom stereocenters. The SMILES string of the molecule is CNC(=O)C(NC(=O)CCCOc1ccccc1)c1ccc(F)c(F)c1. The Bertz CT molecular complexity index is 754. The van der Waals surface area contributed by atoms with E-state index in [4.69, 9.17) is 4.74 Å². The van der Waals surface area contributed by atoms with E-state index in [1.54, 1.807) is 0 Å². The average Bonchev–Trinajstić information content (AvgIpc) is 2.66. The van der Waals surface area contributed by atoms with Gasteiger partial charge in [-0.3, -0.25) is 9.59 Å². The fourth-order valence-electron chi connectivity index (χ4n) is 2.31. The number of amides is 2. The molecule has 0 saturated heterocycles. The minimum absolute atomic E-state index is 0.129. The summed E-state index contributed by atoms with van der Waals surface area (Å²) < 4.78 is 32.0. The highest BCUT2D eigenvalue weighted by molar-refractivity contribution is 5.88. The Morgan fingerprint density at radius 2 is 1.81 bits per heavy atom. The van der Waals surface area contributed by atoms with E-state index in [-0.39, 0.29) is 17.9 Å². The van der Waals surface area contributed by atoms with Crippen LogP contribution in [0.5, 0.6) is 5.75 Å². The molecular weight excluding hydrogens is 342 g/mol. The zero-order valence-electron chi connectivity index (χ0n) is 14.3. The summed E-state index contributed by atoms with van der Waals surface area (Å²) in [6.45, 7) is 0.341. The lowest BCUT2D eigenvalue weighted by Gasteiger charge is -2.18. The molecule has 2 aromatic rings. The minimum Gasteiger partial charge on any atom is -0.494 e. The normalized spacial score (nSPS) is 11.5. The topological polar surface area (TPSA) is 67.4 Å². The molecular formula is C19H20F2N2O3. The molecule has 0 heterocycles. The van der Waals surface area contributed by atoms with Gasteiger partial charge in [-0.25, -0.2) is 8.78 Å². The maximum Gasteiger partial charge on any atom is 0.246 e. The quantitative estimate of drug-likeness (QED) is 0.710. The monoisotopic (exact) mass is 362 g/mol. The third-order valence-electron chi connectivity index (χ3n) is 3.65. The van der Waals surface area contributed by atoms with E-state index < -0.39 is 23.6 Å². The minimum atomic E-state index is -1.10. The largest absolute Gasteiger partial charge is 0.494 e. The fourth-order valence-corrected chi connectivity index (χ4v) is 2.31. The predicted octanol–water partition coefficient (Wildman–Crippen LogP) is 2.73. The third-order valence-corrected chi connectivity index (χ3v) is 3.65. The smallest absolute Gasteiger partial charge is 0.246 e. The van der Waals surface area contributed by atoms with Gasteiger partial charge in [0.15, 0.2) is 11.6 Å². The van der Waals surface area contributed by atoms with E-state index >= 15 is 0 Å². The molecule has 0 aliphatic carbocycles. The summed E-state index contributed by atoms with van der Waals surface area (Å²) in [5.41, 5.74) is 0.164. The molecule has 0 aromatic heterocycles. The molecule has 0 saturated carbocycles. The molecule has 0 bridgehead atoms. The van der Waals surface area contributed by atoms with Crippen molar-refractivity contribution >= 4 is 11.8 Å². The van der Waals surface area contributed by atoms with Gasteiger partial charge >= 0.3 is 0 Å². The van der Waals surface area contributed by atoms with Crippen LogP contribution in [0, 0.1) is 11.6 Å². The molecule has 26 heavy (non-hydrogen) atoms. The first-order valence-corrected chi connectivity index (χ1v) is 8.15. The molecule has 0 aliphatic rings. The summed E-state index contributed by atoms with van der Waals surface area (Å²) in [4.78, 5) is 24.1. The first-order chi connectivity index (χ1) is 12.5. The summed E-state index contributed by atoms with van der Waals surface area (Å²) in [5.74, 6) is -2.31. The molecule has 1 atom stereocenters. The molecule has 2 N–H and O–H groups in total. The van der Waals surface area contributed by atoms with Gasteiger partial charge in [0, 0.05) is 13.5 Å². The molecule has 7 heteroatoms. The average molecular weight is 362 g/mol. The van der Waals surface area contributed by atoms with Crippen LogP contribution in [0.4, 0.5) is 8.78 Å². The molecule has 0 aliphatic heterocycles. The van der Waals surface area contributed by atoms with Gasteiger partial charge in [-0.1, -0.05) is 24.3 Å². The molecule has 0 radical (unpaired) electrons. The Morgan fingerprint density at radius 1 is 1.08 bits per heavy atom. The van der Waals surface area contributed by atoms with Crippen molar-refractivity contribution in [2.75, 3.05) is 13.7 Å². The molecule has 2 rings (SSSR count). The highest BCUT2D eigenvalue weighted by Crippen LogP contribution is 2.17. The Kier molecular flexibility index (Phi) is 7.08. The first-order valence-electron chi connectivity index (χ1n) is 8.15. The van der Waals surface area contributed by atoms with E-state index in [2.05, 4.69) is 10.6 Å². The van der Waals surface area contributed by atoms with Crippen LogP contribution in [0.3, 0.4) is 0 Å². The van der Waals surface area contributed by atoms with Crippen LogP contribution in [0.1, 0.15) is 24.4 Å². The van der Waals surface area contributed by atoms with Gasteiger partial charge in [0.25, 0.3) is 0 Å². The van der Waals surface area contributed by atoms with E-state index in [1.165, 1.54) is 13.1 Å². The lowest BCUT2D eigenvalue weighted by atomic mass is 10.1. The van der Waals surface area contributed by atoms with Crippen LogP contribution in [0.15, 0.2) is 48.5 Å². The summed E-state index contributed by atoms with van der Waals surface area (Å²) in [6.07, 6.45) is 0.572. The highest BCUT2D eigenvalue weighted by atomic mass is 19.2. The zero-order valence-corrected chi connectivity index (χ0v) is 14.3. The van der Waals surface area contributed by atoms with Crippen molar-refractivity contribution < 1.29 is 23.1 Å². The number of likely N-dealkylation sites (N-methyl/N-ethyl adjacent to an activating group) is 1. The number of carbonyl (C=O) groups is 2. The second kappa shape index (κ2) is 9.50. The second-order valence-electron chi connectivity index (χ2n) is 5.55. The van der Waals surface area contributed by atoms with Gasteiger partial charge in [-0.15, -0.1) is 0 Å². The van der Waals surface area contributed by atoms with Crippen molar-refractivity contribution in [3.8, 4) is 5.75 Å². The number of carbonyl (C=O) groups excluding carboxylic acids is 2. The van der Waals surface area contributed by atoms with Crippen LogP contribution in [0.25, 0.3) is 0 Å². The number of hydrogen-bond donors (Lipinski definition) is 2. The van der Waals surface area contributed by atoms with Crippen molar-refractivity contribution in [3.63, 3.8) is 0 Å². The van der Waals surface area contributed by atoms with E-state index in [1.807, 2.05) is 30.3 Å². The van der Waals surface area contributed by atoms with Gasteiger partial charge < -0.3 is 15.4 Å². The number of benzene rings is 2. The van der Waals surface area contributed by atoms with Crippen LogP contribution in [-0.2, 0) is 9.59 Å². The Balaban J connectivity index is 1.89. The van der Waals surface area contributed by atoms with Gasteiger partial charge in [0.05, 0.1) is 6.61 Å². The number of nitrogens with one attached hydrogen (secondary N) is 2. The van der Waals surface area contributed by atoms with Gasteiger partial charge in [-0.2, -0.15) is 0 Å². The number of hydrogen-bond acceptors (Lipinski definition) is 3. The highest BCUT2D eigenvalue weighted by Gasteiger charge is 2.22. The van der Waals surface area contributed by atoms with E-state index in [0.717, 1.165) is 12.1 Å². The number of para-hydroxylation sites is 1. The molecule has 0 spiro atoms. The van der Waals surface area contributed by atoms with Gasteiger partial charge in [0.1, 0.15) is 11.8 Å². The van der Waals surface area contributed by atoms with Crippen molar-refractivity contribution in [1.29, 1.82) is 0 Å². The van der Waals surface area contributed by atoms with Gasteiger partial charge in [0.2, 0.25) is 11.8 Å². The molecule has 2 amide bonds. The van der Waals surface area contributed by atoms with Crippen LogP contribution >= 0.6 is 0 Å².